The van der Waals surface area contributed by atoms with Crippen LogP contribution >= 0.6 is 0 Å². The number of ether oxygens (including phenoxy) is 1. The maximum Gasteiger partial charge on any atom is 0.137 e. The van der Waals surface area contributed by atoms with E-state index >= 15 is 0 Å². The molecule has 0 amide bonds. The van der Waals surface area contributed by atoms with E-state index in [0.717, 1.165) is 5.82 Å². The molecule has 0 aliphatic rings. The summed E-state index contributed by atoms with van der Waals surface area (Å²) in [6.07, 6.45) is 1.67. The Kier molecular flexibility index (Phi) is 4.96. The Morgan fingerprint density at radius 3 is 2.44 bits per heavy atom. The van der Waals surface area contributed by atoms with Gasteiger partial charge in [0, 0.05) is 6.04 Å². The standard InChI is InChI=1S/C14H24N2O2/c1-10(2)11(3)16-13-7-6-12(8-15-13)18-9-14(4,5)17/h6-8,10-11,17H,9H2,1-5H3,(H,15,16)/t11-/m1/s1. The van der Waals surface area contributed by atoms with Gasteiger partial charge in [-0.05, 0) is 38.8 Å². The maximum atomic E-state index is 9.56. The number of anilines is 1. The predicted octanol–water partition coefficient (Wildman–Crippen LogP) is 2.69. The second kappa shape index (κ2) is 6.05. The molecule has 18 heavy (non-hydrogen) atoms. The van der Waals surface area contributed by atoms with Gasteiger partial charge in [-0.1, -0.05) is 13.8 Å². The highest BCUT2D eigenvalue weighted by molar-refractivity contribution is 5.38. The molecule has 1 atom stereocenters. The summed E-state index contributed by atoms with van der Waals surface area (Å²) in [4.78, 5) is 4.28. The summed E-state index contributed by atoms with van der Waals surface area (Å²) >= 11 is 0. The van der Waals surface area contributed by atoms with Crippen LogP contribution in [0.3, 0.4) is 0 Å². The lowest BCUT2D eigenvalue weighted by Crippen LogP contribution is -2.27. The Hall–Kier alpha value is -1.29. The molecule has 2 N–H and O–H groups in total. The molecular formula is C14H24N2O2. The molecule has 0 aliphatic heterocycles. The first-order chi connectivity index (χ1) is 8.28. The van der Waals surface area contributed by atoms with E-state index in [1.165, 1.54) is 0 Å². The summed E-state index contributed by atoms with van der Waals surface area (Å²) in [7, 11) is 0. The highest BCUT2D eigenvalue weighted by Gasteiger charge is 2.13. The lowest BCUT2D eigenvalue weighted by molar-refractivity contribution is 0.0284. The third-order valence-electron chi connectivity index (χ3n) is 2.70. The van der Waals surface area contributed by atoms with Crippen molar-refractivity contribution in [2.75, 3.05) is 11.9 Å². The third kappa shape index (κ3) is 5.36. The Morgan fingerprint density at radius 2 is 2.00 bits per heavy atom. The summed E-state index contributed by atoms with van der Waals surface area (Å²) in [5.74, 6) is 2.06. The summed E-state index contributed by atoms with van der Waals surface area (Å²) in [6, 6.07) is 4.12. The largest absolute Gasteiger partial charge is 0.489 e. The number of nitrogens with zero attached hydrogens (tertiary/aromatic N) is 1. The Morgan fingerprint density at radius 1 is 1.33 bits per heavy atom. The van der Waals surface area contributed by atoms with Crippen LogP contribution in [0.4, 0.5) is 5.82 Å². The summed E-state index contributed by atoms with van der Waals surface area (Å²) in [5, 5.41) is 12.9. The van der Waals surface area contributed by atoms with E-state index in [2.05, 4.69) is 31.1 Å². The third-order valence-corrected chi connectivity index (χ3v) is 2.70. The van der Waals surface area contributed by atoms with Crippen molar-refractivity contribution in [1.29, 1.82) is 0 Å². The number of hydrogen-bond donors (Lipinski definition) is 2. The van der Waals surface area contributed by atoms with Crippen molar-refractivity contribution in [1.82, 2.24) is 4.98 Å². The molecule has 4 nitrogen and oxygen atoms in total. The molecular weight excluding hydrogens is 228 g/mol. The quantitative estimate of drug-likeness (QED) is 0.817. The van der Waals surface area contributed by atoms with E-state index in [1.807, 2.05) is 12.1 Å². The molecule has 0 radical (unpaired) electrons. The smallest absolute Gasteiger partial charge is 0.137 e. The van der Waals surface area contributed by atoms with Gasteiger partial charge in [0.25, 0.3) is 0 Å². The molecule has 0 aromatic carbocycles. The number of aliphatic hydroxyl groups is 1. The molecule has 1 aromatic rings. The average Bonchev–Trinajstić information content (AvgIpc) is 2.27. The van der Waals surface area contributed by atoms with Gasteiger partial charge in [0.2, 0.25) is 0 Å². The predicted molar refractivity (Wildman–Crippen MR) is 74.0 cm³/mol. The van der Waals surface area contributed by atoms with Crippen molar-refractivity contribution >= 4 is 5.82 Å². The van der Waals surface area contributed by atoms with Crippen molar-refractivity contribution in [2.24, 2.45) is 5.92 Å². The zero-order valence-electron chi connectivity index (χ0n) is 11.9. The average molecular weight is 252 g/mol. The van der Waals surface area contributed by atoms with Crippen LogP contribution < -0.4 is 10.1 Å². The molecule has 0 saturated heterocycles. The summed E-state index contributed by atoms with van der Waals surface area (Å²) in [5.41, 5.74) is -0.830. The zero-order chi connectivity index (χ0) is 13.8. The zero-order valence-corrected chi connectivity index (χ0v) is 11.9. The SMILES string of the molecule is CC(C)[C@@H](C)Nc1ccc(OCC(C)(C)O)cn1. The van der Waals surface area contributed by atoms with Crippen LogP contribution in [-0.4, -0.2) is 28.3 Å². The number of rotatable bonds is 6. The number of hydrogen-bond acceptors (Lipinski definition) is 4. The van der Waals surface area contributed by atoms with Crippen LogP contribution in [0.15, 0.2) is 18.3 Å². The number of aromatic nitrogens is 1. The first-order valence-corrected chi connectivity index (χ1v) is 6.36. The molecule has 0 saturated carbocycles. The topological polar surface area (TPSA) is 54.4 Å². The second-order valence-electron chi connectivity index (χ2n) is 5.66. The van der Waals surface area contributed by atoms with Gasteiger partial charge in [0.15, 0.2) is 0 Å². The highest BCUT2D eigenvalue weighted by atomic mass is 16.5. The van der Waals surface area contributed by atoms with E-state index in [-0.39, 0.29) is 6.61 Å². The molecule has 0 aliphatic carbocycles. The van der Waals surface area contributed by atoms with Crippen molar-refractivity contribution < 1.29 is 9.84 Å². The second-order valence-corrected chi connectivity index (χ2v) is 5.66. The minimum Gasteiger partial charge on any atom is -0.489 e. The first kappa shape index (κ1) is 14.8. The van der Waals surface area contributed by atoms with Gasteiger partial charge in [0.05, 0.1) is 11.8 Å². The Balaban J connectivity index is 2.52. The Labute approximate surface area is 109 Å². The minimum absolute atomic E-state index is 0.254. The van der Waals surface area contributed by atoms with Crippen LogP contribution in [0.5, 0.6) is 5.75 Å². The molecule has 1 heterocycles. The van der Waals surface area contributed by atoms with Crippen molar-refractivity contribution in [2.45, 2.75) is 46.3 Å². The van der Waals surface area contributed by atoms with Gasteiger partial charge in [0.1, 0.15) is 18.2 Å². The fraction of sp³-hybridized carbons (Fsp3) is 0.643. The van der Waals surface area contributed by atoms with Gasteiger partial charge in [-0.3, -0.25) is 0 Å². The van der Waals surface area contributed by atoms with Crippen LogP contribution in [0.25, 0.3) is 0 Å². The number of pyridine rings is 1. The maximum absolute atomic E-state index is 9.56. The van der Waals surface area contributed by atoms with Gasteiger partial charge in [-0.2, -0.15) is 0 Å². The molecule has 102 valence electrons. The van der Waals surface area contributed by atoms with Crippen LogP contribution in [0.2, 0.25) is 0 Å². The van der Waals surface area contributed by atoms with Gasteiger partial charge in [-0.15, -0.1) is 0 Å². The number of nitrogens with one attached hydrogen (secondary N) is 1. The van der Waals surface area contributed by atoms with Crippen LogP contribution in [-0.2, 0) is 0 Å². The monoisotopic (exact) mass is 252 g/mol. The van der Waals surface area contributed by atoms with E-state index in [4.69, 9.17) is 4.74 Å². The van der Waals surface area contributed by atoms with Gasteiger partial charge in [-0.25, -0.2) is 4.98 Å². The highest BCUT2D eigenvalue weighted by Crippen LogP contribution is 2.16. The van der Waals surface area contributed by atoms with Crippen molar-refractivity contribution in [3.63, 3.8) is 0 Å². The Bertz CT molecular complexity index is 355. The van der Waals surface area contributed by atoms with Gasteiger partial charge >= 0.3 is 0 Å². The fourth-order valence-corrected chi connectivity index (χ4v) is 1.21. The van der Waals surface area contributed by atoms with Crippen molar-refractivity contribution in [3.05, 3.63) is 18.3 Å². The minimum atomic E-state index is -0.830. The van der Waals surface area contributed by atoms with Gasteiger partial charge < -0.3 is 15.2 Å². The first-order valence-electron chi connectivity index (χ1n) is 6.36. The molecule has 0 spiro atoms. The fourth-order valence-electron chi connectivity index (χ4n) is 1.21. The molecule has 4 heteroatoms. The summed E-state index contributed by atoms with van der Waals surface area (Å²) in [6.45, 7) is 10.1. The lowest BCUT2D eigenvalue weighted by atomic mass is 10.1. The molecule has 1 rings (SSSR count). The van der Waals surface area contributed by atoms with E-state index in [1.54, 1.807) is 20.0 Å². The summed E-state index contributed by atoms with van der Waals surface area (Å²) < 4.78 is 5.44. The van der Waals surface area contributed by atoms with E-state index < -0.39 is 5.60 Å². The van der Waals surface area contributed by atoms with E-state index in [0.29, 0.717) is 17.7 Å². The van der Waals surface area contributed by atoms with Crippen LogP contribution in [0.1, 0.15) is 34.6 Å². The van der Waals surface area contributed by atoms with E-state index in [9.17, 15) is 5.11 Å². The van der Waals surface area contributed by atoms with Crippen molar-refractivity contribution in [3.8, 4) is 5.75 Å². The van der Waals surface area contributed by atoms with Crippen LogP contribution in [0, 0.1) is 5.92 Å². The lowest BCUT2D eigenvalue weighted by Gasteiger charge is -2.19. The normalized spacial score (nSPS) is 13.5. The molecule has 0 fully saturated rings. The molecule has 0 unspecified atom stereocenters. The molecule has 0 bridgehead atoms. The molecule has 1 aromatic heterocycles.